The molecule has 0 radical (unpaired) electrons. The first-order chi connectivity index (χ1) is 5.72. The van der Waals surface area contributed by atoms with Gasteiger partial charge in [-0.15, -0.1) is 0 Å². The summed E-state index contributed by atoms with van der Waals surface area (Å²) in [6, 6.07) is 0. The Balaban J connectivity index is 2.38. The van der Waals surface area contributed by atoms with E-state index >= 15 is 0 Å². The lowest BCUT2D eigenvalue weighted by molar-refractivity contribution is -0.121. The van der Waals surface area contributed by atoms with Gasteiger partial charge in [0, 0.05) is 19.2 Å². The highest BCUT2D eigenvalue weighted by atomic mass is 35.5. The number of nitrogens with one attached hydrogen (secondary N) is 1. The summed E-state index contributed by atoms with van der Waals surface area (Å²) in [5.41, 5.74) is 2.03. The normalized spacial score (nSPS) is 9.83. The molecule has 0 aliphatic carbocycles. The first kappa shape index (κ1) is 9.02. The maximum absolute atomic E-state index is 10.7. The molecule has 0 spiro atoms. The van der Waals surface area contributed by atoms with Gasteiger partial charge in [-0.1, -0.05) is 11.6 Å². The molecule has 0 saturated carbocycles. The number of carbonyl (C=O) groups excluding carboxylic acids is 1. The van der Waals surface area contributed by atoms with Crippen LogP contribution in [0.1, 0.15) is 6.42 Å². The molecule has 0 aromatic carbocycles. The number of halogens is 1. The molecule has 0 atom stereocenters. The monoisotopic (exact) mass is 188 g/mol. The molecule has 1 aromatic rings. The second kappa shape index (κ2) is 4.08. The molecule has 0 saturated heterocycles. The molecular formula is C6H9ClN4O. The minimum absolute atomic E-state index is 0.221. The van der Waals surface area contributed by atoms with E-state index in [-0.39, 0.29) is 5.91 Å². The molecule has 1 amide bonds. The summed E-state index contributed by atoms with van der Waals surface area (Å²) in [4.78, 5) is 10.7. The third-order valence-corrected chi connectivity index (χ3v) is 1.53. The largest absolute Gasteiger partial charge is 0.294 e. The molecule has 0 aliphatic rings. The number of amides is 1. The zero-order chi connectivity index (χ0) is 8.97. The topological polar surface area (TPSA) is 72.9 Å². The number of hydrazine groups is 1. The second-order valence-electron chi connectivity index (χ2n) is 2.24. The van der Waals surface area contributed by atoms with Gasteiger partial charge in [-0.05, 0) is 0 Å². The molecule has 3 N–H and O–H groups in total. The summed E-state index contributed by atoms with van der Waals surface area (Å²) in [6.45, 7) is 0.482. The summed E-state index contributed by atoms with van der Waals surface area (Å²) >= 11 is 5.60. The number of nitrogens with zero attached hydrogens (tertiary/aromatic N) is 2. The van der Waals surface area contributed by atoms with E-state index in [9.17, 15) is 4.79 Å². The number of nitrogens with two attached hydrogens (primary N) is 1. The van der Waals surface area contributed by atoms with Crippen LogP contribution in [0, 0.1) is 0 Å². The van der Waals surface area contributed by atoms with Crippen LogP contribution in [0.25, 0.3) is 0 Å². The molecular weight excluding hydrogens is 180 g/mol. The summed E-state index contributed by atoms with van der Waals surface area (Å²) in [7, 11) is 0. The molecule has 0 aliphatic heterocycles. The van der Waals surface area contributed by atoms with Crippen LogP contribution >= 0.6 is 11.6 Å². The van der Waals surface area contributed by atoms with Gasteiger partial charge in [0.05, 0.1) is 11.2 Å². The first-order valence-electron chi connectivity index (χ1n) is 3.40. The summed E-state index contributed by atoms with van der Waals surface area (Å²) in [5, 5.41) is 4.44. The fourth-order valence-electron chi connectivity index (χ4n) is 0.749. The Morgan fingerprint density at radius 2 is 2.58 bits per heavy atom. The van der Waals surface area contributed by atoms with Crippen molar-refractivity contribution in [3.8, 4) is 0 Å². The number of hydrogen-bond donors (Lipinski definition) is 2. The maximum Gasteiger partial charge on any atom is 0.235 e. The van der Waals surface area contributed by atoms with Crippen LogP contribution in [-0.2, 0) is 11.3 Å². The molecule has 0 unspecified atom stereocenters. The van der Waals surface area contributed by atoms with E-state index in [4.69, 9.17) is 17.4 Å². The molecule has 1 heterocycles. The van der Waals surface area contributed by atoms with E-state index in [0.29, 0.717) is 18.0 Å². The highest BCUT2D eigenvalue weighted by molar-refractivity contribution is 6.30. The van der Waals surface area contributed by atoms with Gasteiger partial charge in [-0.3, -0.25) is 14.9 Å². The lowest BCUT2D eigenvalue weighted by Gasteiger charge is -1.99. The van der Waals surface area contributed by atoms with Crippen molar-refractivity contribution in [2.75, 3.05) is 0 Å². The minimum atomic E-state index is -0.221. The van der Waals surface area contributed by atoms with E-state index in [1.807, 2.05) is 5.43 Å². The van der Waals surface area contributed by atoms with Crippen molar-refractivity contribution in [2.45, 2.75) is 13.0 Å². The van der Waals surface area contributed by atoms with Crippen LogP contribution in [0.15, 0.2) is 12.4 Å². The fourth-order valence-corrected chi connectivity index (χ4v) is 0.905. The zero-order valence-corrected chi connectivity index (χ0v) is 7.08. The first-order valence-corrected chi connectivity index (χ1v) is 3.77. The highest BCUT2D eigenvalue weighted by Crippen LogP contribution is 2.04. The Bertz CT molecular complexity index is 272. The number of hydrogen-bond acceptors (Lipinski definition) is 3. The Morgan fingerprint density at radius 1 is 1.83 bits per heavy atom. The van der Waals surface area contributed by atoms with E-state index in [1.54, 1.807) is 10.9 Å². The lowest BCUT2D eigenvalue weighted by atomic mass is 10.4. The van der Waals surface area contributed by atoms with Crippen molar-refractivity contribution in [1.29, 1.82) is 0 Å². The number of carbonyl (C=O) groups is 1. The van der Waals surface area contributed by atoms with E-state index in [2.05, 4.69) is 5.10 Å². The predicted octanol–water partition coefficient (Wildman–Crippen LogP) is -0.0835. The highest BCUT2D eigenvalue weighted by Gasteiger charge is 1.99. The van der Waals surface area contributed by atoms with Gasteiger partial charge in [-0.2, -0.15) is 5.10 Å². The van der Waals surface area contributed by atoms with Crippen molar-refractivity contribution in [3.05, 3.63) is 17.4 Å². The van der Waals surface area contributed by atoms with Crippen molar-refractivity contribution in [1.82, 2.24) is 15.2 Å². The number of aryl methyl sites for hydroxylation is 1. The zero-order valence-electron chi connectivity index (χ0n) is 6.33. The van der Waals surface area contributed by atoms with Crippen molar-refractivity contribution in [3.63, 3.8) is 0 Å². The van der Waals surface area contributed by atoms with Gasteiger partial charge >= 0.3 is 0 Å². The van der Waals surface area contributed by atoms with Gasteiger partial charge in [0.2, 0.25) is 5.91 Å². The fraction of sp³-hybridized carbons (Fsp3) is 0.333. The summed E-state index contributed by atoms with van der Waals surface area (Å²) in [6.07, 6.45) is 3.46. The maximum atomic E-state index is 10.7. The Labute approximate surface area is 74.5 Å². The third-order valence-electron chi connectivity index (χ3n) is 1.33. The van der Waals surface area contributed by atoms with E-state index in [0.717, 1.165) is 0 Å². The molecule has 66 valence electrons. The number of rotatable bonds is 3. The lowest BCUT2D eigenvalue weighted by Crippen LogP contribution is -2.30. The van der Waals surface area contributed by atoms with E-state index < -0.39 is 0 Å². The van der Waals surface area contributed by atoms with Crippen molar-refractivity contribution < 1.29 is 4.79 Å². The molecule has 1 rings (SSSR count). The average molecular weight is 189 g/mol. The van der Waals surface area contributed by atoms with Gasteiger partial charge < -0.3 is 0 Å². The third kappa shape index (κ3) is 2.52. The summed E-state index contributed by atoms with van der Waals surface area (Å²) < 4.78 is 1.58. The summed E-state index contributed by atoms with van der Waals surface area (Å²) in [5.74, 6) is 4.67. The van der Waals surface area contributed by atoms with Crippen molar-refractivity contribution >= 4 is 17.5 Å². The Kier molecular flexibility index (Phi) is 3.07. The number of aromatic nitrogens is 2. The quantitative estimate of drug-likeness (QED) is 0.396. The Hall–Kier alpha value is -1.07. The van der Waals surface area contributed by atoms with Crippen LogP contribution in [0.3, 0.4) is 0 Å². The van der Waals surface area contributed by atoms with Crippen LogP contribution in [0.4, 0.5) is 0 Å². The SMILES string of the molecule is NNC(=O)CCn1cc(Cl)cn1. The Morgan fingerprint density at radius 3 is 3.08 bits per heavy atom. The van der Waals surface area contributed by atoms with Crippen LogP contribution in [0.2, 0.25) is 5.02 Å². The molecule has 0 fully saturated rings. The smallest absolute Gasteiger partial charge is 0.235 e. The van der Waals surface area contributed by atoms with Gasteiger partial charge in [-0.25, -0.2) is 5.84 Å². The van der Waals surface area contributed by atoms with Crippen LogP contribution in [0.5, 0.6) is 0 Å². The van der Waals surface area contributed by atoms with Gasteiger partial charge in [0.1, 0.15) is 0 Å². The van der Waals surface area contributed by atoms with Gasteiger partial charge in [0.25, 0.3) is 0 Å². The van der Waals surface area contributed by atoms with Crippen molar-refractivity contribution in [2.24, 2.45) is 5.84 Å². The molecule has 12 heavy (non-hydrogen) atoms. The molecule has 5 nitrogen and oxygen atoms in total. The second-order valence-corrected chi connectivity index (χ2v) is 2.68. The van der Waals surface area contributed by atoms with Crippen LogP contribution in [-0.4, -0.2) is 15.7 Å². The predicted molar refractivity (Wildman–Crippen MR) is 44.2 cm³/mol. The molecule has 6 heteroatoms. The van der Waals surface area contributed by atoms with Gasteiger partial charge in [0.15, 0.2) is 0 Å². The van der Waals surface area contributed by atoms with E-state index in [1.165, 1.54) is 6.20 Å². The molecule has 0 bridgehead atoms. The molecule has 1 aromatic heterocycles. The minimum Gasteiger partial charge on any atom is -0.294 e. The standard InChI is InChI=1S/C6H9ClN4O/c7-5-3-9-11(4-5)2-1-6(12)10-8/h3-4H,1-2,8H2,(H,10,12). The van der Waals surface area contributed by atoms with Crippen LogP contribution < -0.4 is 11.3 Å². The average Bonchev–Trinajstić information content (AvgIpc) is 2.47.